The molecule has 0 N–H and O–H groups in total. The second-order valence-corrected chi connectivity index (χ2v) is 10.1. The molecule has 0 amide bonds. The number of allylic oxidation sites excluding steroid dienone is 2. The van der Waals surface area contributed by atoms with Crippen LogP contribution >= 0.6 is 35.1 Å². The SMILES string of the molecule is COC(=O)c1ccc(/C(Cl)=C/C=C/C2(c3ccc(C(=O)OC)cc3)SCCCS2)cc1. The topological polar surface area (TPSA) is 52.6 Å². The molecule has 2 aromatic rings. The highest BCUT2D eigenvalue weighted by Gasteiger charge is 2.33. The number of rotatable bonds is 6. The standard InChI is InChI=1S/C24H23ClO4S2/c1-28-22(26)18-8-6-17(7-9-18)21(25)5-3-14-24(30-15-4-16-31-24)20-12-10-19(11-13-20)23(27)29-2/h3,5-14H,4,15-16H2,1-2H3/b14-3+,21-5-. The van der Waals surface area contributed by atoms with Crippen LogP contribution in [-0.4, -0.2) is 37.7 Å². The van der Waals surface area contributed by atoms with Gasteiger partial charge in [-0.3, -0.25) is 0 Å². The van der Waals surface area contributed by atoms with E-state index in [9.17, 15) is 9.59 Å². The van der Waals surface area contributed by atoms with Crippen molar-refractivity contribution in [3.8, 4) is 0 Å². The molecular formula is C24H23ClO4S2. The molecule has 1 saturated heterocycles. The number of hydrogen-bond donors (Lipinski definition) is 0. The number of esters is 2. The van der Waals surface area contributed by atoms with Crippen molar-refractivity contribution < 1.29 is 19.1 Å². The molecule has 2 aromatic carbocycles. The fourth-order valence-corrected chi connectivity index (χ4v) is 6.46. The third kappa shape index (κ3) is 5.76. The summed E-state index contributed by atoms with van der Waals surface area (Å²) in [5.41, 5.74) is 2.96. The molecule has 7 heteroatoms. The van der Waals surface area contributed by atoms with Gasteiger partial charge in [0.25, 0.3) is 0 Å². The van der Waals surface area contributed by atoms with E-state index in [1.165, 1.54) is 14.2 Å². The summed E-state index contributed by atoms with van der Waals surface area (Å²) < 4.78 is 9.28. The molecule has 4 nitrogen and oxygen atoms in total. The average Bonchev–Trinajstić information content (AvgIpc) is 2.83. The third-order valence-corrected chi connectivity index (χ3v) is 8.41. The second-order valence-electron chi connectivity index (χ2n) is 6.73. The smallest absolute Gasteiger partial charge is 0.337 e. The first-order chi connectivity index (χ1) is 15.0. The second kappa shape index (κ2) is 10.9. The summed E-state index contributed by atoms with van der Waals surface area (Å²) in [7, 11) is 2.74. The maximum Gasteiger partial charge on any atom is 0.337 e. The van der Waals surface area contributed by atoms with Crippen LogP contribution in [-0.2, 0) is 13.6 Å². The van der Waals surface area contributed by atoms with Crippen LogP contribution in [0.25, 0.3) is 5.03 Å². The number of carbonyl (C=O) groups excluding carboxylic acids is 2. The molecule has 0 spiro atoms. The van der Waals surface area contributed by atoms with Crippen LogP contribution in [0, 0.1) is 0 Å². The van der Waals surface area contributed by atoms with Crippen molar-refractivity contribution in [1.29, 1.82) is 0 Å². The lowest BCUT2D eigenvalue weighted by Gasteiger charge is -2.34. The lowest BCUT2D eigenvalue weighted by atomic mass is 10.1. The van der Waals surface area contributed by atoms with Crippen molar-refractivity contribution in [3.63, 3.8) is 0 Å². The van der Waals surface area contributed by atoms with Gasteiger partial charge in [-0.2, -0.15) is 0 Å². The van der Waals surface area contributed by atoms with Crippen molar-refractivity contribution >= 4 is 52.1 Å². The molecule has 0 bridgehead atoms. The Bertz CT molecular complexity index is 976. The quantitative estimate of drug-likeness (QED) is 0.371. The van der Waals surface area contributed by atoms with Crippen LogP contribution in [0.2, 0.25) is 0 Å². The Labute approximate surface area is 196 Å². The summed E-state index contributed by atoms with van der Waals surface area (Å²) in [4.78, 5) is 23.3. The van der Waals surface area contributed by atoms with Crippen molar-refractivity contribution in [2.24, 2.45) is 0 Å². The Balaban J connectivity index is 1.81. The Morgan fingerprint density at radius 3 is 1.87 bits per heavy atom. The van der Waals surface area contributed by atoms with Crippen LogP contribution in [0.15, 0.2) is 66.8 Å². The number of thioether (sulfide) groups is 2. The fourth-order valence-electron chi connectivity index (χ4n) is 3.10. The summed E-state index contributed by atoms with van der Waals surface area (Å²) in [6, 6.07) is 14.6. The molecule has 1 fully saturated rings. The molecule has 1 aliphatic rings. The predicted molar refractivity (Wildman–Crippen MR) is 130 cm³/mol. The molecule has 31 heavy (non-hydrogen) atoms. The largest absolute Gasteiger partial charge is 0.465 e. The van der Waals surface area contributed by atoms with E-state index in [4.69, 9.17) is 21.1 Å². The van der Waals surface area contributed by atoms with Gasteiger partial charge in [-0.25, -0.2) is 9.59 Å². The zero-order chi connectivity index (χ0) is 22.3. The molecule has 0 aromatic heterocycles. The van der Waals surface area contributed by atoms with E-state index >= 15 is 0 Å². The van der Waals surface area contributed by atoms with Gasteiger partial charge in [-0.05, 0) is 59.4 Å². The van der Waals surface area contributed by atoms with Gasteiger partial charge < -0.3 is 9.47 Å². The van der Waals surface area contributed by atoms with E-state index in [1.807, 2.05) is 47.8 Å². The minimum absolute atomic E-state index is 0.241. The summed E-state index contributed by atoms with van der Waals surface area (Å²) in [5, 5.41) is 0.578. The fraction of sp³-hybridized carbons (Fsp3) is 0.250. The molecule has 0 aliphatic carbocycles. The van der Waals surface area contributed by atoms with Gasteiger partial charge in [0.2, 0.25) is 0 Å². The zero-order valence-electron chi connectivity index (χ0n) is 17.3. The lowest BCUT2D eigenvalue weighted by molar-refractivity contribution is 0.0592. The number of carbonyl (C=O) groups is 2. The minimum Gasteiger partial charge on any atom is -0.465 e. The Morgan fingerprint density at radius 2 is 1.35 bits per heavy atom. The van der Waals surface area contributed by atoms with Crippen molar-refractivity contribution in [2.45, 2.75) is 10.5 Å². The Morgan fingerprint density at radius 1 is 0.871 bits per heavy atom. The minimum atomic E-state index is -0.377. The Hall–Kier alpha value is -2.15. The predicted octanol–water partition coefficient (Wildman–Crippen LogP) is 6.12. The van der Waals surface area contributed by atoms with Crippen LogP contribution in [0.1, 0.15) is 38.3 Å². The summed E-state index contributed by atoms with van der Waals surface area (Å²) in [5.74, 6) is 1.40. The van der Waals surface area contributed by atoms with Crippen LogP contribution in [0.4, 0.5) is 0 Å². The lowest BCUT2D eigenvalue weighted by Crippen LogP contribution is -2.20. The van der Waals surface area contributed by atoms with Gasteiger partial charge in [0.1, 0.15) is 4.08 Å². The highest BCUT2D eigenvalue weighted by molar-refractivity contribution is 8.18. The molecule has 1 aliphatic heterocycles. The molecule has 0 radical (unpaired) electrons. The summed E-state index contributed by atoms with van der Waals surface area (Å²) >= 11 is 10.2. The number of methoxy groups -OCH3 is 2. The van der Waals surface area contributed by atoms with Crippen molar-refractivity contribution in [2.75, 3.05) is 25.7 Å². The average molecular weight is 475 g/mol. The highest BCUT2D eigenvalue weighted by atomic mass is 35.5. The summed E-state index contributed by atoms with van der Waals surface area (Å²) in [6.07, 6.45) is 7.14. The first-order valence-corrected chi connectivity index (χ1v) is 12.0. The maximum atomic E-state index is 11.7. The van der Waals surface area contributed by atoms with E-state index in [0.29, 0.717) is 16.2 Å². The Kier molecular flexibility index (Phi) is 8.29. The maximum absolute atomic E-state index is 11.7. The van der Waals surface area contributed by atoms with E-state index in [0.717, 1.165) is 29.1 Å². The van der Waals surface area contributed by atoms with Gasteiger partial charge in [-0.1, -0.05) is 48.0 Å². The molecule has 0 unspecified atom stereocenters. The third-order valence-electron chi connectivity index (χ3n) is 4.77. The van der Waals surface area contributed by atoms with E-state index < -0.39 is 0 Å². The molecule has 0 saturated carbocycles. The van der Waals surface area contributed by atoms with Gasteiger partial charge in [-0.15, -0.1) is 23.5 Å². The number of ether oxygens (including phenoxy) is 2. The van der Waals surface area contributed by atoms with E-state index in [2.05, 4.69) is 6.08 Å². The number of benzene rings is 2. The monoisotopic (exact) mass is 474 g/mol. The molecule has 1 heterocycles. The summed E-state index contributed by atoms with van der Waals surface area (Å²) in [6.45, 7) is 0. The first-order valence-electron chi connectivity index (χ1n) is 9.69. The molecule has 3 rings (SSSR count). The van der Waals surface area contributed by atoms with Crippen LogP contribution in [0.5, 0.6) is 0 Å². The highest BCUT2D eigenvalue weighted by Crippen LogP contribution is 2.51. The normalized spacial score (nSPS) is 16.2. The van der Waals surface area contributed by atoms with Crippen LogP contribution < -0.4 is 0 Å². The molecule has 0 atom stereocenters. The zero-order valence-corrected chi connectivity index (χ0v) is 19.7. The molecular weight excluding hydrogens is 452 g/mol. The van der Waals surface area contributed by atoms with Crippen molar-refractivity contribution in [3.05, 3.63) is 89.0 Å². The number of hydrogen-bond acceptors (Lipinski definition) is 6. The number of halogens is 1. The van der Waals surface area contributed by atoms with Crippen molar-refractivity contribution in [1.82, 2.24) is 0 Å². The van der Waals surface area contributed by atoms with Crippen LogP contribution in [0.3, 0.4) is 0 Å². The van der Waals surface area contributed by atoms with E-state index in [-0.39, 0.29) is 16.0 Å². The molecule has 162 valence electrons. The van der Waals surface area contributed by atoms with Gasteiger partial charge in [0, 0.05) is 5.03 Å². The van der Waals surface area contributed by atoms with E-state index in [1.54, 1.807) is 36.4 Å². The van der Waals surface area contributed by atoms with Gasteiger partial charge >= 0.3 is 11.9 Å². The van der Waals surface area contributed by atoms with Gasteiger partial charge in [0.05, 0.1) is 25.3 Å². The van der Waals surface area contributed by atoms with Gasteiger partial charge in [0.15, 0.2) is 0 Å². The first kappa shape index (κ1) is 23.5.